The zero-order valence-electron chi connectivity index (χ0n) is 17.5. The number of anilines is 1. The van der Waals surface area contributed by atoms with E-state index in [4.69, 9.17) is 21.1 Å². The van der Waals surface area contributed by atoms with Crippen LogP contribution in [0.1, 0.15) is 5.56 Å². The number of hydrogen-bond donors (Lipinski definition) is 1. The van der Waals surface area contributed by atoms with Gasteiger partial charge in [0, 0.05) is 36.0 Å². The van der Waals surface area contributed by atoms with E-state index < -0.39 is 27.3 Å². The van der Waals surface area contributed by atoms with Gasteiger partial charge in [-0.05, 0) is 18.2 Å². The molecule has 2 aromatic heterocycles. The van der Waals surface area contributed by atoms with Gasteiger partial charge in [-0.3, -0.25) is 0 Å². The molecule has 0 saturated heterocycles. The second kappa shape index (κ2) is 8.87. The lowest BCUT2D eigenvalue weighted by molar-refractivity contribution is 0.360. The summed E-state index contributed by atoms with van der Waals surface area (Å²) >= 11 is 6.49. The molecule has 2 aromatic carbocycles. The van der Waals surface area contributed by atoms with Crippen molar-refractivity contribution in [1.29, 1.82) is 0 Å². The molecule has 172 valence electrons. The predicted molar refractivity (Wildman–Crippen MR) is 121 cm³/mol. The van der Waals surface area contributed by atoms with E-state index in [1.165, 1.54) is 44.8 Å². The average Bonchev–Trinajstić information content (AvgIpc) is 3.27. The lowest BCUT2D eigenvalue weighted by Crippen LogP contribution is -2.12. The van der Waals surface area contributed by atoms with Gasteiger partial charge in [-0.25, -0.2) is 26.2 Å². The van der Waals surface area contributed by atoms with Crippen LogP contribution in [-0.4, -0.2) is 31.6 Å². The summed E-state index contributed by atoms with van der Waals surface area (Å²) in [4.78, 5) is 4.34. The van der Waals surface area contributed by atoms with Crippen molar-refractivity contribution in [3.05, 3.63) is 77.1 Å². The highest BCUT2D eigenvalue weighted by atomic mass is 35.5. The molecule has 0 spiro atoms. The number of hydrogen-bond acceptors (Lipinski definition) is 6. The van der Waals surface area contributed by atoms with Crippen LogP contribution >= 0.6 is 11.6 Å². The summed E-state index contributed by atoms with van der Waals surface area (Å²) in [5, 5.41) is 3.23. The van der Waals surface area contributed by atoms with Crippen LogP contribution in [0.3, 0.4) is 0 Å². The molecular weight excluding hydrogens is 476 g/mol. The second-order valence-electron chi connectivity index (χ2n) is 6.90. The van der Waals surface area contributed by atoms with Gasteiger partial charge in [0.25, 0.3) is 10.0 Å². The summed E-state index contributed by atoms with van der Waals surface area (Å²) in [5.41, 5.74) is 0.0826. The van der Waals surface area contributed by atoms with Gasteiger partial charge in [-0.1, -0.05) is 29.8 Å². The maximum Gasteiger partial charge on any atom is 0.269 e. The zero-order valence-corrected chi connectivity index (χ0v) is 19.0. The summed E-state index contributed by atoms with van der Waals surface area (Å²) in [6, 6.07) is 10.5. The quantitative estimate of drug-likeness (QED) is 0.397. The van der Waals surface area contributed by atoms with Crippen LogP contribution in [0.4, 0.5) is 14.5 Å². The third kappa shape index (κ3) is 3.96. The number of nitrogens with zero attached hydrogens (tertiary/aromatic N) is 2. The molecule has 0 unspecified atom stereocenters. The standard InChI is InChI=1S/C22H18ClF2N3O4S/c1-31-16-10-17(32-2)20(25)21(19(16)24)26-11-13-12-27-22-15(18(13)23)8-9-28(22)33(29,30)14-6-4-3-5-7-14/h3-10,12,26H,11H2,1-2H3. The molecule has 0 aliphatic carbocycles. The Morgan fingerprint density at radius 3 is 2.30 bits per heavy atom. The molecule has 0 aliphatic heterocycles. The Morgan fingerprint density at radius 2 is 1.70 bits per heavy atom. The number of aromatic nitrogens is 2. The largest absolute Gasteiger partial charge is 0.493 e. The highest BCUT2D eigenvalue weighted by molar-refractivity contribution is 7.90. The van der Waals surface area contributed by atoms with E-state index in [9.17, 15) is 17.2 Å². The first-order chi connectivity index (χ1) is 15.8. The van der Waals surface area contributed by atoms with Crippen LogP contribution in [0.15, 0.2) is 59.8 Å². The monoisotopic (exact) mass is 493 g/mol. The maximum absolute atomic E-state index is 14.6. The number of nitrogens with one attached hydrogen (secondary N) is 1. The van der Waals surface area contributed by atoms with Crippen LogP contribution < -0.4 is 14.8 Å². The first-order valence-electron chi connectivity index (χ1n) is 9.58. The number of methoxy groups -OCH3 is 2. The Labute approximate surface area is 193 Å². The van der Waals surface area contributed by atoms with Crippen LogP contribution in [0.5, 0.6) is 11.5 Å². The molecule has 2 heterocycles. The number of benzene rings is 2. The number of halogens is 3. The summed E-state index contributed by atoms with van der Waals surface area (Å²) in [7, 11) is -1.38. The molecule has 11 heteroatoms. The van der Waals surface area contributed by atoms with E-state index in [1.807, 2.05) is 0 Å². The summed E-state index contributed by atoms with van der Waals surface area (Å²) in [5.74, 6) is -2.25. The Kier molecular flexibility index (Phi) is 6.13. The summed E-state index contributed by atoms with van der Waals surface area (Å²) < 4.78 is 66.0. The minimum absolute atomic E-state index is 0.0947. The first kappa shape index (κ1) is 22.8. The smallest absolute Gasteiger partial charge is 0.269 e. The fourth-order valence-electron chi connectivity index (χ4n) is 3.32. The number of ether oxygens (including phenoxy) is 2. The van der Waals surface area contributed by atoms with Crippen LogP contribution in [0.25, 0.3) is 11.0 Å². The van der Waals surface area contributed by atoms with Crippen molar-refractivity contribution in [3.8, 4) is 11.5 Å². The van der Waals surface area contributed by atoms with Crippen molar-refractivity contribution < 1.29 is 26.7 Å². The predicted octanol–water partition coefficient (Wildman–Crippen LogP) is 4.83. The highest BCUT2D eigenvalue weighted by Gasteiger charge is 2.23. The summed E-state index contributed by atoms with van der Waals surface area (Å²) in [6.07, 6.45) is 2.71. The van der Waals surface area contributed by atoms with Crippen LogP contribution in [0.2, 0.25) is 5.02 Å². The second-order valence-corrected chi connectivity index (χ2v) is 9.09. The van der Waals surface area contributed by atoms with E-state index in [1.54, 1.807) is 18.2 Å². The Hall–Kier alpha value is -3.37. The number of rotatable bonds is 7. The molecule has 0 atom stereocenters. The SMILES string of the molecule is COc1cc(OC)c(F)c(NCc2cnc3c(ccn3S(=O)(=O)c3ccccc3)c2Cl)c1F. The molecule has 33 heavy (non-hydrogen) atoms. The van der Waals surface area contributed by atoms with E-state index in [-0.39, 0.29) is 33.6 Å². The molecule has 4 rings (SSSR count). The van der Waals surface area contributed by atoms with Gasteiger partial charge in [-0.2, -0.15) is 0 Å². The van der Waals surface area contributed by atoms with E-state index in [0.717, 1.165) is 10.0 Å². The Morgan fingerprint density at radius 1 is 1.06 bits per heavy atom. The molecule has 4 aromatic rings. The van der Waals surface area contributed by atoms with Gasteiger partial charge >= 0.3 is 0 Å². The number of pyridine rings is 1. The van der Waals surface area contributed by atoms with Gasteiger partial charge < -0.3 is 14.8 Å². The van der Waals surface area contributed by atoms with Gasteiger partial charge in [0.1, 0.15) is 5.69 Å². The lowest BCUT2D eigenvalue weighted by Gasteiger charge is -2.15. The van der Waals surface area contributed by atoms with Crippen molar-refractivity contribution in [3.63, 3.8) is 0 Å². The van der Waals surface area contributed by atoms with Gasteiger partial charge in [-0.15, -0.1) is 0 Å². The molecule has 0 amide bonds. The molecule has 0 aliphatic rings. The minimum atomic E-state index is -3.88. The number of fused-ring (bicyclic) bond motifs is 1. The Bertz CT molecular complexity index is 1420. The molecule has 0 saturated carbocycles. The highest BCUT2D eigenvalue weighted by Crippen LogP contribution is 2.36. The average molecular weight is 494 g/mol. The minimum Gasteiger partial charge on any atom is -0.493 e. The summed E-state index contributed by atoms with van der Waals surface area (Å²) in [6.45, 7) is -0.0947. The van der Waals surface area contributed by atoms with Crippen molar-refractivity contribution in [2.75, 3.05) is 19.5 Å². The van der Waals surface area contributed by atoms with Gasteiger partial charge in [0.05, 0.1) is 24.1 Å². The van der Waals surface area contributed by atoms with E-state index >= 15 is 0 Å². The van der Waals surface area contributed by atoms with Crippen molar-refractivity contribution in [2.24, 2.45) is 0 Å². The zero-order chi connectivity index (χ0) is 23.8. The van der Waals surface area contributed by atoms with E-state index in [0.29, 0.717) is 10.9 Å². The molecule has 1 N–H and O–H groups in total. The van der Waals surface area contributed by atoms with Crippen molar-refractivity contribution in [2.45, 2.75) is 11.4 Å². The molecular formula is C22H18ClF2N3O4S. The maximum atomic E-state index is 14.6. The van der Waals surface area contributed by atoms with Crippen molar-refractivity contribution >= 4 is 38.3 Å². The van der Waals surface area contributed by atoms with E-state index in [2.05, 4.69) is 10.3 Å². The molecule has 0 radical (unpaired) electrons. The normalized spacial score (nSPS) is 11.5. The van der Waals surface area contributed by atoms with Gasteiger partial charge in [0.15, 0.2) is 28.8 Å². The fraction of sp³-hybridized carbons (Fsp3) is 0.136. The van der Waals surface area contributed by atoms with Crippen LogP contribution in [0, 0.1) is 11.6 Å². The molecule has 0 bridgehead atoms. The lowest BCUT2D eigenvalue weighted by atomic mass is 10.2. The molecule has 0 fully saturated rings. The topological polar surface area (TPSA) is 82.4 Å². The Balaban J connectivity index is 1.69. The van der Waals surface area contributed by atoms with Crippen molar-refractivity contribution in [1.82, 2.24) is 8.96 Å². The van der Waals surface area contributed by atoms with Gasteiger partial charge in [0.2, 0.25) is 0 Å². The fourth-order valence-corrected chi connectivity index (χ4v) is 4.91. The first-order valence-corrected chi connectivity index (χ1v) is 11.4. The third-order valence-corrected chi connectivity index (χ3v) is 7.14. The third-order valence-electron chi connectivity index (χ3n) is 5.02. The van der Waals surface area contributed by atoms with Crippen LogP contribution in [-0.2, 0) is 16.6 Å². The molecule has 7 nitrogen and oxygen atoms in total.